The van der Waals surface area contributed by atoms with E-state index in [0.717, 1.165) is 10.6 Å². The molecule has 122 valence electrons. The van der Waals surface area contributed by atoms with Gasteiger partial charge in [-0.1, -0.05) is 6.07 Å². The highest BCUT2D eigenvalue weighted by Crippen LogP contribution is 2.32. The van der Waals surface area contributed by atoms with E-state index in [2.05, 4.69) is 5.32 Å². The molecule has 1 aromatic carbocycles. The molecule has 0 saturated carbocycles. The molecular weight excluding hydrogens is 326 g/mol. The van der Waals surface area contributed by atoms with Gasteiger partial charge in [0, 0.05) is 17.0 Å². The molecule has 0 aliphatic carbocycles. The van der Waals surface area contributed by atoms with Crippen molar-refractivity contribution in [3.05, 3.63) is 70.3 Å². The molecular formula is C18H15NO4S. The topological polar surface area (TPSA) is 60.7 Å². The van der Waals surface area contributed by atoms with E-state index in [-0.39, 0.29) is 18.6 Å². The molecule has 0 saturated heterocycles. The first-order chi connectivity index (χ1) is 11.8. The number of benzene rings is 1. The molecule has 0 radical (unpaired) electrons. The van der Waals surface area contributed by atoms with Crippen molar-refractivity contribution in [2.24, 2.45) is 0 Å². The number of fused-ring (bicyclic) bond motifs is 1. The zero-order valence-electron chi connectivity index (χ0n) is 12.7. The highest BCUT2D eigenvalue weighted by atomic mass is 32.1. The van der Waals surface area contributed by atoms with E-state index in [1.807, 2.05) is 29.6 Å². The van der Waals surface area contributed by atoms with E-state index in [4.69, 9.17) is 13.9 Å². The summed E-state index contributed by atoms with van der Waals surface area (Å²) < 4.78 is 16.1. The maximum Gasteiger partial charge on any atom is 0.251 e. The number of amides is 1. The number of carbonyl (C=O) groups excluding carboxylic acids is 1. The second-order valence-electron chi connectivity index (χ2n) is 5.36. The third kappa shape index (κ3) is 2.88. The van der Waals surface area contributed by atoms with Gasteiger partial charge >= 0.3 is 0 Å². The van der Waals surface area contributed by atoms with Gasteiger partial charge in [0.15, 0.2) is 11.5 Å². The molecule has 1 aliphatic rings. The molecule has 4 rings (SSSR count). The minimum Gasteiger partial charge on any atom is -0.469 e. The first kappa shape index (κ1) is 14.8. The summed E-state index contributed by atoms with van der Waals surface area (Å²) in [7, 11) is 0. The molecule has 1 amide bonds. The fourth-order valence-corrected chi connectivity index (χ4v) is 3.49. The Hall–Kier alpha value is -2.73. The molecule has 0 spiro atoms. The van der Waals surface area contributed by atoms with Crippen LogP contribution in [0, 0.1) is 0 Å². The van der Waals surface area contributed by atoms with Crippen molar-refractivity contribution in [2.75, 3.05) is 13.3 Å². The largest absolute Gasteiger partial charge is 0.469 e. The van der Waals surface area contributed by atoms with Gasteiger partial charge < -0.3 is 19.2 Å². The molecule has 1 aliphatic heterocycles. The van der Waals surface area contributed by atoms with Gasteiger partial charge in [-0.05, 0) is 41.8 Å². The van der Waals surface area contributed by atoms with Crippen LogP contribution in [0.1, 0.15) is 26.9 Å². The summed E-state index contributed by atoms with van der Waals surface area (Å²) in [6.07, 6.45) is 1.65. The van der Waals surface area contributed by atoms with Crippen LogP contribution in [0.4, 0.5) is 0 Å². The Balaban J connectivity index is 1.49. The summed E-state index contributed by atoms with van der Waals surface area (Å²) in [5.41, 5.74) is 0.545. The lowest BCUT2D eigenvalue weighted by Gasteiger charge is -2.14. The lowest BCUT2D eigenvalue weighted by Crippen LogP contribution is -2.28. The van der Waals surface area contributed by atoms with Gasteiger partial charge in [-0.15, -0.1) is 11.3 Å². The van der Waals surface area contributed by atoms with Crippen LogP contribution in [-0.4, -0.2) is 19.2 Å². The minimum absolute atomic E-state index is 0.00189. The van der Waals surface area contributed by atoms with Crippen molar-refractivity contribution < 1.29 is 18.7 Å². The van der Waals surface area contributed by atoms with Crippen molar-refractivity contribution in [3.63, 3.8) is 0 Å². The Labute approximate surface area is 142 Å². The summed E-state index contributed by atoms with van der Waals surface area (Å²) in [6, 6.07) is 13.0. The van der Waals surface area contributed by atoms with Crippen LogP contribution in [0.5, 0.6) is 11.5 Å². The fourth-order valence-electron chi connectivity index (χ4n) is 2.66. The standard InChI is InChI=1S/C18H15NO4S/c20-18(12-5-6-15-16(9-12)23-11-22-15)19-10-13(14-3-1-7-21-14)17-4-2-8-24-17/h1-9,13H,10-11H2,(H,19,20)/t13-/m1/s1. The third-order valence-electron chi connectivity index (χ3n) is 3.87. The summed E-state index contributed by atoms with van der Waals surface area (Å²) in [6.45, 7) is 0.653. The Morgan fingerprint density at radius 1 is 1.17 bits per heavy atom. The second-order valence-corrected chi connectivity index (χ2v) is 6.34. The summed E-state index contributed by atoms with van der Waals surface area (Å²) in [4.78, 5) is 13.6. The van der Waals surface area contributed by atoms with E-state index in [9.17, 15) is 4.79 Å². The van der Waals surface area contributed by atoms with Crippen LogP contribution in [0.15, 0.2) is 58.5 Å². The molecule has 1 atom stereocenters. The normalized spacial score (nSPS) is 13.7. The van der Waals surface area contributed by atoms with Crippen molar-refractivity contribution >= 4 is 17.2 Å². The zero-order chi connectivity index (χ0) is 16.4. The van der Waals surface area contributed by atoms with E-state index < -0.39 is 0 Å². The first-order valence-electron chi connectivity index (χ1n) is 7.56. The summed E-state index contributed by atoms with van der Waals surface area (Å²) in [5, 5.41) is 5.00. The highest BCUT2D eigenvalue weighted by Gasteiger charge is 2.21. The third-order valence-corrected chi connectivity index (χ3v) is 4.86. The summed E-state index contributed by atoms with van der Waals surface area (Å²) >= 11 is 1.65. The lowest BCUT2D eigenvalue weighted by atomic mass is 10.0. The van der Waals surface area contributed by atoms with E-state index in [0.29, 0.717) is 23.6 Å². The van der Waals surface area contributed by atoms with Gasteiger partial charge in [-0.25, -0.2) is 0 Å². The van der Waals surface area contributed by atoms with Crippen molar-refractivity contribution in [1.29, 1.82) is 0 Å². The number of carbonyl (C=O) groups is 1. The van der Waals surface area contributed by atoms with E-state index in [1.165, 1.54) is 0 Å². The number of furan rings is 1. The number of rotatable bonds is 5. The smallest absolute Gasteiger partial charge is 0.251 e. The van der Waals surface area contributed by atoms with Gasteiger partial charge in [-0.3, -0.25) is 4.79 Å². The minimum atomic E-state index is -0.151. The van der Waals surface area contributed by atoms with Gasteiger partial charge in [0.2, 0.25) is 6.79 Å². The molecule has 0 unspecified atom stereocenters. The Bertz CT molecular complexity index is 793. The number of nitrogens with one attached hydrogen (secondary N) is 1. The first-order valence-corrected chi connectivity index (χ1v) is 8.44. The Morgan fingerprint density at radius 3 is 2.88 bits per heavy atom. The molecule has 0 bridgehead atoms. The fraction of sp³-hybridized carbons (Fsp3) is 0.167. The van der Waals surface area contributed by atoms with Crippen LogP contribution in [0.25, 0.3) is 0 Å². The average molecular weight is 341 g/mol. The number of hydrogen-bond donors (Lipinski definition) is 1. The molecule has 24 heavy (non-hydrogen) atoms. The van der Waals surface area contributed by atoms with Gasteiger partial charge in [0.1, 0.15) is 5.76 Å². The molecule has 3 heterocycles. The summed E-state index contributed by atoms with van der Waals surface area (Å²) in [5.74, 6) is 1.95. The predicted octanol–water partition coefficient (Wildman–Crippen LogP) is 3.63. The van der Waals surface area contributed by atoms with Crippen molar-refractivity contribution in [2.45, 2.75) is 5.92 Å². The number of thiophene rings is 1. The van der Waals surface area contributed by atoms with Crippen LogP contribution < -0.4 is 14.8 Å². The molecule has 0 fully saturated rings. The van der Waals surface area contributed by atoms with E-state index in [1.54, 1.807) is 35.8 Å². The van der Waals surface area contributed by atoms with Gasteiger partial charge in [0.25, 0.3) is 5.91 Å². The quantitative estimate of drug-likeness (QED) is 0.770. The molecule has 1 N–H and O–H groups in total. The second kappa shape index (κ2) is 6.41. The molecule has 6 heteroatoms. The molecule has 5 nitrogen and oxygen atoms in total. The van der Waals surface area contributed by atoms with Crippen LogP contribution in [0.3, 0.4) is 0 Å². The monoisotopic (exact) mass is 341 g/mol. The maximum atomic E-state index is 12.5. The van der Waals surface area contributed by atoms with Gasteiger partial charge in [0.05, 0.1) is 12.2 Å². The van der Waals surface area contributed by atoms with E-state index >= 15 is 0 Å². The SMILES string of the molecule is O=C(NC[C@H](c1ccco1)c1cccs1)c1ccc2c(c1)OCO2. The van der Waals surface area contributed by atoms with Crippen LogP contribution in [0.2, 0.25) is 0 Å². The predicted molar refractivity (Wildman–Crippen MR) is 89.8 cm³/mol. The molecule has 3 aromatic rings. The average Bonchev–Trinajstić information content (AvgIpc) is 3.36. The van der Waals surface area contributed by atoms with Crippen molar-refractivity contribution in [1.82, 2.24) is 5.32 Å². The van der Waals surface area contributed by atoms with Crippen LogP contribution in [-0.2, 0) is 0 Å². The number of ether oxygens (including phenoxy) is 2. The maximum absolute atomic E-state index is 12.5. The highest BCUT2D eigenvalue weighted by molar-refractivity contribution is 7.10. The zero-order valence-corrected chi connectivity index (χ0v) is 13.5. The van der Waals surface area contributed by atoms with Crippen molar-refractivity contribution in [3.8, 4) is 11.5 Å². The Morgan fingerprint density at radius 2 is 2.08 bits per heavy atom. The Kier molecular flexibility index (Phi) is 3.96. The number of hydrogen-bond acceptors (Lipinski definition) is 5. The van der Waals surface area contributed by atoms with Crippen LogP contribution >= 0.6 is 11.3 Å². The van der Waals surface area contributed by atoms with Gasteiger partial charge in [-0.2, -0.15) is 0 Å². The lowest BCUT2D eigenvalue weighted by molar-refractivity contribution is 0.0951. The molecule has 2 aromatic heterocycles.